The Hall–Kier alpha value is -0.0900. The predicted molar refractivity (Wildman–Crippen MR) is 90.3 cm³/mol. The Labute approximate surface area is 138 Å². The van der Waals surface area contributed by atoms with Crippen LogP contribution in [0.2, 0.25) is 0 Å². The van der Waals surface area contributed by atoms with Crippen molar-refractivity contribution < 1.29 is 13.2 Å². The summed E-state index contributed by atoms with van der Waals surface area (Å²) in [7, 11) is -2.97. The van der Waals surface area contributed by atoms with Crippen LogP contribution in [0.25, 0.3) is 0 Å². The van der Waals surface area contributed by atoms with Crippen LogP contribution in [-0.4, -0.2) is 62.6 Å². The van der Waals surface area contributed by atoms with Gasteiger partial charge in [0.25, 0.3) is 0 Å². The highest BCUT2D eigenvalue weighted by atomic mass is 127. The third-order valence-electron chi connectivity index (χ3n) is 3.73. The molecule has 118 valence electrons. The van der Waals surface area contributed by atoms with Crippen LogP contribution in [0.4, 0.5) is 0 Å². The van der Waals surface area contributed by atoms with Crippen LogP contribution in [0.15, 0.2) is 4.99 Å². The van der Waals surface area contributed by atoms with E-state index in [0.29, 0.717) is 37.8 Å². The van der Waals surface area contributed by atoms with Gasteiger partial charge in [0.05, 0.1) is 30.3 Å². The van der Waals surface area contributed by atoms with Gasteiger partial charge in [-0.3, -0.25) is 4.99 Å². The molecule has 0 aromatic heterocycles. The van der Waals surface area contributed by atoms with Crippen molar-refractivity contribution in [1.82, 2.24) is 4.90 Å². The van der Waals surface area contributed by atoms with E-state index in [1.165, 1.54) is 0 Å². The normalized spacial score (nSPS) is 30.6. The second-order valence-electron chi connectivity index (χ2n) is 5.31. The van der Waals surface area contributed by atoms with E-state index in [1.54, 1.807) is 0 Å². The summed E-state index contributed by atoms with van der Waals surface area (Å²) in [6, 6.07) is 0. The standard InChI is InChI=1S/C12H23N3O3S.HI/c1-10-9-15(5-6-18-10)12(13)14-8-11-4-2-3-7-19(11,16)17;/h10-11H,2-9H2,1H3,(H2,13,14);1H. The molecule has 2 heterocycles. The first-order chi connectivity index (χ1) is 8.99. The zero-order valence-corrected chi connectivity index (χ0v) is 15.0. The second-order valence-corrected chi connectivity index (χ2v) is 7.71. The molecule has 2 fully saturated rings. The molecule has 2 N–H and O–H groups in total. The molecular weight excluding hydrogens is 393 g/mol. The SMILES string of the molecule is CC1CN(C(N)=NCC2CCCCS2(=O)=O)CCO1.I. The Balaban J connectivity index is 0.00000200. The fourth-order valence-electron chi connectivity index (χ4n) is 2.55. The van der Waals surface area contributed by atoms with Crippen molar-refractivity contribution in [2.75, 3.05) is 32.0 Å². The topological polar surface area (TPSA) is 85.0 Å². The molecule has 2 unspecified atom stereocenters. The molecule has 0 radical (unpaired) electrons. The predicted octanol–water partition coefficient (Wildman–Crippen LogP) is 0.607. The Morgan fingerprint density at radius 2 is 2.20 bits per heavy atom. The van der Waals surface area contributed by atoms with E-state index in [0.717, 1.165) is 19.4 Å². The lowest BCUT2D eigenvalue weighted by atomic mass is 10.2. The molecule has 0 amide bonds. The third kappa shape index (κ3) is 4.73. The number of morpholine rings is 1. The summed E-state index contributed by atoms with van der Waals surface area (Å²) in [6.07, 6.45) is 2.59. The van der Waals surface area contributed by atoms with Crippen LogP contribution in [0.3, 0.4) is 0 Å². The van der Waals surface area contributed by atoms with Gasteiger partial charge in [-0.2, -0.15) is 0 Å². The average molecular weight is 417 g/mol. The van der Waals surface area contributed by atoms with Gasteiger partial charge in [0.2, 0.25) is 0 Å². The Morgan fingerprint density at radius 3 is 2.85 bits per heavy atom. The van der Waals surface area contributed by atoms with E-state index >= 15 is 0 Å². The zero-order valence-electron chi connectivity index (χ0n) is 11.8. The summed E-state index contributed by atoms with van der Waals surface area (Å²) in [4.78, 5) is 6.25. The van der Waals surface area contributed by atoms with Crippen molar-refractivity contribution in [2.45, 2.75) is 37.5 Å². The molecule has 0 aromatic rings. The molecule has 2 aliphatic heterocycles. The molecule has 6 nitrogen and oxygen atoms in total. The molecule has 20 heavy (non-hydrogen) atoms. The van der Waals surface area contributed by atoms with Crippen LogP contribution < -0.4 is 5.73 Å². The minimum absolute atomic E-state index is 0. The number of aliphatic imine (C=N–C) groups is 1. The summed E-state index contributed by atoms with van der Waals surface area (Å²) < 4.78 is 29.2. The Morgan fingerprint density at radius 1 is 1.45 bits per heavy atom. The van der Waals surface area contributed by atoms with E-state index in [9.17, 15) is 8.42 Å². The number of hydrogen-bond acceptors (Lipinski definition) is 4. The van der Waals surface area contributed by atoms with Crippen LogP contribution in [0, 0.1) is 0 Å². The van der Waals surface area contributed by atoms with Crippen molar-refractivity contribution in [1.29, 1.82) is 0 Å². The molecule has 2 saturated heterocycles. The van der Waals surface area contributed by atoms with Gasteiger partial charge >= 0.3 is 0 Å². The summed E-state index contributed by atoms with van der Waals surface area (Å²) in [5.74, 6) is 0.734. The molecule has 0 aliphatic carbocycles. The van der Waals surface area contributed by atoms with Crippen molar-refractivity contribution in [2.24, 2.45) is 10.7 Å². The van der Waals surface area contributed by atoms with E-state index < -0.39 is 9.84 Å². The number of ether oxygens (including phenoxy) is 1. The quantitative estimate of drug-likeness (QED) is 0.404. The minimum Gasteiger partial charge on any atom is -0.375 e. The lowest BCUT2D eigenvalue weighted by molar-refractivity contribution is 0.00530. The van der Waals surface area contributed by atoms with E-state index in [-0.39, 0.29) is 35.3 Å². The number of nitrogens with zero attached hydrogens (tertiary/aromatic N) is 2. The molecule has 8 heteroatoms. The third-order valence-corrected chi connectivity index (χ3v) is 5.99. The van der Waals surface area contributed by atoms with Gasteiger partial charge < -0.3 is 15.4 Å². The van der Waals surface area contributed by atoms with E-state index in [2.05, 4.69) is 4.99 Å². The van der Waals surface area contributed by atoms with Crippen LogP contribution >= 0.6 is 24.0 Å². The van der Waals surface area contributed by atoms with Crippen LogP contribution in [-0.2, 0) is 14.6 Å². The average Bonchev–Trinajstić information content (AvgIpc) is 2.36. The largest absolute Gasteiger partial charge is 0.375 e. The first-order valence-corrected chi connectivity index (χ1v) is 8.58. The molecule has 2 aliphatic rings. The maximum atomic E-state index is 11.9. The molecule has 2 atom stereocenters. The minimum atomic E-state index is -2.97. The highest BCUT2D eigenvalue weighted by Crippen LogP contribution is 2.19. The van der Waals surface area contributed by atoms with E-state index in [1.807, 2.05) is 11.8 Å². The lowest BCUT2D eigenvalue weighted by Gasteiger charge is -2.32. The molecule has 0 saturated carbocycles. The summed E-state index contributed by atoms with van der Waals surface area (Å²) in [5, 5.41) is -0.349. The van der Waals surface area contributed by atoms with Gasteiger partial charge in [-0.05, 0) is 19.8 Å². The highest BCUT2D eigenvalue weighted by Gasteiger charge is 2.28. The van der Waals surface area contributed by atoms with Gasteiger partial charge in [-0.1, -0.05) is 6.42 Å². The number of nitrogens with two attached hydrogens (primary N) is 1. The molecule has 2 rings (SSSR count). The number of sulfone groups is 1. The monoisotopic (exact) mass is 417 g/mol. The fourth-order valence-corrected chi connectivity index (χ4v) is 4.32. The number of rotatable bonds is 2. The molecule has 0 spiro atoms. The number of hydrogen-bond donors (Lipinski definition) is 1. The number of guanidine groups is 1. The van der Waals surface area contributed by atoms with Gasteiger partial charge in [-0.25, -0.2) is 8.42 Å². The van der Waals surface area contributed by atoms with Gasteiger partial charge in [0, 0.05) is 13.1 Å². The highest BCUT2D eigenvalue weighted by molar-refractivity contribution is 14.0. The van der Waals surface area contributed by atoms with Crippen molar-refractivity contribution >= 4 is 39.8 Å². The van der Waals surface area contributed by atoms with Crippen LogP contribution in [0.1, 0.15) is 26.2 Å². The Kier molecular flexibility index (Phi) is 6.99. The van der Waals surface area contributed by atoms with Crippen molar-refractivity contribution in [3.63, 3.8) is 0 Å². The summed E-state index contributed by atoms with van der Waals surface area (Å²) in [5.41, 5.74) is 5.94. The molecule has 0 aromatic carbocycles. The summed E-state index contributed by atoms with van der Waals surface area (Å²) in [6.45, 7) is 4.36. The first kappa shape index (κ1) is 18.0. The molecular formula is C12H24IN3O3S. The van der Waals surface area contributed by atoms with E-state index in [4.69, 9.17) is 10.5 Å². The lowest BCUT2D eigenvalue weighted by Crippen LogP contribution is -2.48. The summed E-state index contributed by atoms with van der Waals surface area (Å²) >= 11 is 0. The van der Waals surface area contributed by atoms with Gasteiger partial charge in [-0.15, -0.1) is 24.0 Å². The Bertz CT molecular complexity index is 441. The number of halogens is 1. The fraction of sp³-hybridized carbons (Fsp3) is 0.917. The maximum absolute atomic E-state index is 11.9. The zero-order chi connectivity index (χ0) is 13.9. The second kappa shape index (κ2) is 7.79. The van der Waals surface area contributed by atoms with Gasteiger partial charge in [0.15, 0.2) is 15.8 Å². The van der Waals surface area contributed by atoms with Crippen molar-refractivity contribution in [3.8, 4) is 0 Å². The van der Waals surface area contributed by atoms with Crippen molar-refractivity contribution in [3.05, 3.63) is 0 Å². The molecule has 0 bridgehead atoms. The maximum Gasteiger partial charge on any atom is 0.191 e. The van der Waals surface area contributed by atoms with Gasteiger partial charge in [0.1, 0.15) is 0 Å². The first-order valence-electron chi connectivity index (χ1n) is 6.87. The smallest absolute Gasteiger partial charge is 0.191 e. The van der Waals surface area contributed by atoms with Crippen LogP contribution in [0.5, 0.6) is 0 Å².